The van der Waals surface area contributed by atoms with Gasteiger partial charge in [-0.2, -0.15) is 0 Å². The van der Waals surface area contributed by atoms with Crippen LogP contribution < -0.4 is 0 Å². The summed E-state index contributed by atoms with van der Waals surface area (Å²) < 4.78 is 0. The van der Waals surface area contributed by atoms with Crippen molar-refractivity contribution in [2.45, 2.75) is 27.7 Å². The second-order valence-corrected chi connectivity index (χ2v) is 3.18. The highest BCUT2D eigenvalue weighted by Gasteiger charge is 2.05. The molecule has 0 amide bonds. The van der Waals surface area contributed by atoms with Crippen LogP contribution in [0.2, 0.25) is 0 Å². The molecule has 0 saturated carbocycles. The van der Waals surface area contributed by atoms with Gasteiger partial charge < -0.3 is 0 Å². The van der Waals surface area contributed by atoms with Crippen LogP contribution in [0, 0.1) is 11.8 Å². The van der Waals surface area contributed by atoms with Gasteiger partial charge in [0.2, 0.25) is 0 Å². The highest BCUT2D eigenvalue weighted by Crippen LogP contribution is 2.06. The molecule has 0 unspecified atom stereocenters. The van der Waals surface area contributed by atoms with Crippen molar-refractivity contribution in [1.29, 1.82) is 0 Å². The van der Waals surface area contributed by atoms with E-state index in [1.165, 1.54) is 4.86 Å². The maximum atomic E-state index is 5.10. The van der Waals surface area contributed by atoms with Crippen molar-refractivity contribution in [2.75, 3.05) is 0 Å². The summed E-state index contributed by atoms with van der Waals surface area (Å²) in [5, 5.41) is 0. The smallest absolute Gasteiger partial charge is 0.00207 e. The highest BCUT2D eigenvalue weighted by molar-refractivity contribution is 7.80. The Morgan fingerprint density at radius 3 is 1.25 bits per heavy atom. The van der Waals surface area contributed by atoms with Crippen molar-refractivity contribution in [3.63, 3.8) is 0 Å². The van der Waals surface area contributed by atoms with Gasteiger partial charge in [0, 0.05) is 0 Å². The van der Waals surface area contributed by atoms with Gasteiger partial charge in [0.15, 0.2) is 0 Å². The van der Waals surface area contributed by atoms with E-state index in [2.05, 4.69) is 27.7 Å². The first-order valence-electron chi connectivity index (χ1n) is 3.09. The molecule has 0 N–H and O–H groups in total. The Balaban J connectivity index is 3.65. The SMILES string of the molecule is CC(C)C(=S)C(C)C. The Kier molecular flexibility index (Phi) is 3.22. The molecule has 0 radical (unpaired) electrons. The summed E-state index contributed by atoms with van der Waals surface area (Å²) in [5.41, 5.74) is 0. The summed E-state index contributed by atoms with van der Waals surface area (Å²) in [6, 6.07) is 0. The fourth-order valence-electron chi connectivity index (χ4n) is 0.667. The van der Waals surface area contributed by atoms with E-state index in [0.717, 1.165) is 0 Å². The van der Waals surface area contributed by atoms with Gasteiger partial charge in [-0.05, 0) is 16.7 Å². The van der Waals surface area contributed by atoms with Gasteiger partial charge in [0.25, 0.3) is 0 Å². The van der Waals surface area contributed by atoms with Crippen LogP contribution in [-0.4, -0.2) is 4.86 Å². The lowest BCUT2D eigenvalue weighted by atomic mass is 10.0. The molecule has 0 fully saturated rings. The van der Waals surface area contributed by atoms with Crippen molar-refractivity contribution in [3.8, 4) is 0 Å². The van der Waals surface area contributed by atoms with E-state index < -0.39 is 0 Å². The molecule has 48 valence electrons. The van der Waals surface area contributed by atoms with Crippen molar-refractivity contribution in [1.82, 2.24) is 0 Å². The molecule has 0 aromatic heterocycles. The molecule has 0 atom stereocenters. The normalized spacial score (nSPS) is 10.8. The van der Waals surface area contributed by atoms with Gasteiger partial charge in [-0.15, -0.1) is 0 Å². The Labute approximate surface area is 57.3 Å². The molecule has 0 aromatic carbocycles. The van der Waals surface area contributed by atoms with Crippen molar-refractivity contribution in [3.05, 3.63) is 0 Å². The Morgan fingerprint density at radius 2 is 1.25 bits per heavy atom. The molecule has 0 aromatic rings. The second kappa shape index (κ2) is 3.18. The van der Waals surface area contributed by atoms with Crippen LogP contribution in [0.15, 0.2) is 0 Å². The number of hydrogen-bond donors (Lipinski definition) is 0. The highest BCUT2D eigenvalue weighted by atomic mass is 32.1. The number of rotatable bonds is 2. The first-order chi connectivity index (χ1) is 3.55. The number of thiocarbonyl (C=S) groups is 1. The maximum absolute atomic E-state index is 5.10. The minimum Gasteiger partial charge on any atom is -0.0891 e. The van der Waals surface area contributed by atoms with Gasteiger partial charge in [0.1, 0.15) is 0 Å². The molecule has 0 spiro atoms. The van der Waals surface area contributed by atoms with E-state index in [0.29, 0.717) is 11.8 Å². The van der Waals surface area contributed by atoms with Crippen molar-refractivity contribution < 1.29 is 0 Å². The lowest BCUT2D eigenvalue weighted by molar-refractivity contribution is 0.787. The van der Waals surface area contributed by atoms with Crippen LogP contribution in [0.25, 0.3) is 0 Å². The van der Waals surface area contributed by atoms with Crippen molar-refractivity contribution in [2.24, 2.45) is 11.8 Å². The molecular weight excluding hydrogens is 116 g/mol. The molecule has 0 bridgehead atoms. The predicted molar refractivity (Wildman–Crippen MR) is 42.3 cm³/mol. The van der Waals surface area contributed by atoms with Gasteiger partial charge in [-0.3, -0.25) is 0 Å². The van der Waals surface area contributed by atoms with Crippen LogP contribution in [0.5, 0.6) is 0 Å². The Morgan fingerprint density at radius 1 is 1.00 bits per heavy atom. The third-order valence-corrected chi connectivity index (χ3v) is 2.08. The van der Waals surface area contributed by atoms with E-state index in [1.807, 2.05) is 0 Å². The van der Waals surface area contributed by atoms with Crippen LogP contribution >= 0.6 is 12.2 Å². The zero-order valence-electron chi connectivity index (χ0n) is 6.06. The number of hydrogen-bond acceptors (Lipinski definition) is 1. The van der Waals surface area contributed by atoms with E-state index in [-0.39, 0.29) is 0 Å². The fourth-order valence-corrected chi connectivity index (χ4v) is 0.667. The summed E-state index contributed by atoms with van der Waals surface area (Å²) in [6.45, 7) is 8.56. The molecule has 0 rings (SSSR count). The van der Waals surface area contributed by atoms with Crippen LogP contribution in [0.1, 0.15) is 27.7 Å². The molecule has 0 aliphatic rings. The first kappa shape index (κ1) is 8.09. The third-order valence-electron chi connectivity index (χ3n) is 1.14. The van der Waals surface area contributed by atoms with E-state index in [4.69, 9.17) is 12.2 Å². The Bertz CT molecular complexity index is 72.4. The first-order valence-corrected chi connectivity index (χ1v) is 3.50. The topological polar surface area (TPSA) is 0 Å². The quantitative estimate of drug-likeness (QED) is 0.518. The van der Waals surface area contributed by atoms with E-state index in [1.54, 1.807) is 0 Å². The summed E-state index contributed by atoms with van der Waals surface area (Å²) in [4.78, 5) is 1.19. The summed E-state index contributed by atoms with van der Waals surface area (Å²) in [7, 11) is 0. The second-order valence-electron chi connectivity index (χ2n) is 2.71. The molecule has 0 saturated heterocycles. The molecule has 0 heterocycles. The third kappa shape index (κ3) is 2.41. The Hall–Kier alpha value is 0.0900. The lowest BCUT2D eigenvalue weighted by Gasteiger charge is -2.09. The van der Waals surface area contributed by atoms with Crippen LogP contribution in [0.4, 0.5) is 0 Å². The fraction of sp³-hybridized carbons (Fsp3) is 0.857. The molecule has 1 heteroatoms. The zero-order valence-corrected chi connectivity index (χ0v) is 6.88. The monoisotopic (exact) mass is 130 g/mol. The van der Waals surface area contributed by atoms with Crippen LogP contribution in [0.3, 0.4) is 0 Å². The summed E-state index contributed by atoms with van der Waals surface area (Å²) >= 11 is 5.10. The lowest BCUT2D eigenvalue weighted by Crippen LogP contribution is -2.10. The molecule has 0 aliphatic carbocycles. The van der Waals surface area contributed by atoms with Gasteiger partial charge >= 0.3 is 0 Å². The van der Waals surface area contributed by atoms with Gasteiger partial charge in [0.05, 0.1) is 0 Å². The average molecular weight is 130 g/mol. The molecule has 0 aliphatic heterocycles. The van der Waals surface area contributed by atoms with Gasteiger partial charge in [-0.25, -0.2) is 0 Å². The van der Waals surface area contributed by atoms with Gasteiger partial charge in [-0.1, -0.05) is 39.9 Å². The standard InChI is InChI=1S/C7H14S/c1-5(2)7(8)6(3)4/h5-6H,1-4H3. The maximum Gasteiger partial charge on any atom is -0.00207 e. The van der Waals surface area contributed by atoms with Crippen LogP contribution in [-0.2, 0) is 0 Å². The summed E-state index contributed by atoms with van der Waals surface area (Å²) in [6.07, 6.45) is 0. The largest absolute Gasteiger partial charge is 0.0891 e. The predicted octanol–water partition coefficient (Wildman–Crippen LogP) is 2.67. The minimum atomic E-state index is 0.574. The molecular formula is C7H14S. The zero-order chi connectivity index (χ0) is 6.73. The summed E-state index contributed by atoms with van der Waals surface area (Å²) in [5.74, 6) is 1.15. The molecule has 8 heavy (non-hydrogen) atoms. The van der Waals surface area contributed by atoms with E-state index >= 15 is 0 Å². The van der Waals surface area contributed by atoms with E-state index in [9.17, 15) is 0 Å². The average Bonchev–Trinajstić information content (AvgIpc) is 1.64. The van der Waals surface area contributed by atoms with Crippen molar-refractivity contribution >= 4 is 17.1 Å². The minimum absolute atomic E-state index is 0.574. The molecule has 0 nitrogen and oxygen atoms in total.